The quantitative estimate of drug-likeness (QED) is 0.0998. The number of imidazole rings is 1. The fraction of sp³-hybridized carbons (Fsp3) is 0.231. The Morgan fingerprint density at radius 3 is 2.72 bits per heavy atom. The van der Waals surface area contributed by atoms with Crippen molar-refractivity contribution >= 4 is 51.2 Å². The number of hydrogen-bond acceptors (Lipinski definition) is 9. The fourth-order valence-corrected chi connectivity index (χ4v) is 7.18. The van der Waals surface area contributed by atoms with Gasteiger partial charge in [-0.25, -0.2) is 9.78 Å². The van der Waals surface area contributed by atoms with Crippen LogP contribution in [0.5, 0.6) is 0 Å². The minimum absolute atomic E-state index is 0.0647. The van der Waals surface area contributed by atoms with Gasteiger partial charge in [-0.05, 0) is 23.3 Å². The van der Waals surface area contributed by atoms with Crippen molar-refractivity contribution in [2.75, 3.05) is 0 Å². The number of non-ortho nitro benzene ring substituents is 1. The first-order chi connectivity index (χ1) is 18.7. The van der Waals surface area contributed by atoms with E-state index in [1.165, 1.54) is 53.3 Å². The molecule has 4 heterocycles. The van der Waals surface area contributed by atoms with Crippen LogP contribution < -0.4 is 0 Å². The van der Waals surface area contributed by atoms with Crippen LogP contribution in [-0.4, -0.2) is 46.9 Å². The molecule has 1 fully saturated rings. The molecule has 3 unspecified atom stereocenters. The summed E-state index contributed by atoms with van der Waals surface area (Å²) in [5.41, 5.74) is 3.08. The Morgan fingerprint density at radius 1 is 1.26 bits per heavy atom. The minimum atomic E-state index is -1.35. The molecule has 0 bridgehead atoms. The summed E-state index contributed by atoms with van der Waals surface area (Å²) in [6, 6.07) is 13.5. The number of aromatic nitrogens is 2. The Bertz CT molecular complexity index is 1590. The van der Waals surface area contributed by atoms with Crippen molar-refractivity contribution in [3.8, 4) is 11.4 Å². The van der Waals surface area contributed by atoms with E-state index < -0.39 is 38.6 Å². The van der Waals surface area contributed by atoms with Gasteiger partial charge in [-0.3, -0.25) is 24.6 Å². The van der Waals surface area contributed by atoms with Crippen molar-refractivity contribution in [1.82, 2.24) is 14.5 Å². The molecule has 198 valence electrons. The molecule has 1 saturated heterocycles. The van der Waals surface area contributed by atoms with Crippen molar-refractivity contribution in [2.45, 2.75) is 35.9 Å². The number of hydrogen-bond donors (Lipinski definition) is 0. The molecule has 2 aromatic carbocycles. The standard InChI is InChI=1S/C26H19BrN4O7S/c1-14(32)38-21(19-11-29-10-16-4-2-3-5-18(16)22(29)28-19)26(27)24(34)30-20(13-39-25(26)30)23(33)37-12-15-6-8-17(9-7-15)31(35)36/h2-9,11,13,21,25H,10,12H2,1H3. The van der Waals surface area contributed by atoms with Crippen LogP contribution in [0.4, 0.5) is 5.69 Å². The normalized spacial score (nSPS) is 21.3. The van der Waals surface area contributed by atoms with Crippen molar-refractivity contribution in [1.29, 1.82) is 0 Å². The molecule has 0 N–H and O–H groups in total. The molecule has 3 aliphatic rings. The summed E-state index contributed by atoms with van der Waals surface area (Å²) >= 11 is 4.80. The molecular formula is C26H19BrN4O7S. The van der Waals surface area contributed by atoms with Crippen LogP contribution in [0.3, 0.4) is 0 Å². The van der Waals surface area contributed by atoms with E-state index in [0.29, 0.717) is 17.8 Å². The topological polar surface area (TPSA) is 134 Å². The number of esters is 2. The van der Waals surface area contributed by atoms with E-state index in [1.807, 2.05) is 28.8 Å². The highest BCUT2D eigenvalue weighted by atomic mass is 79.9. The lowest BCUT2D eigenvalue weighted by Crippen LogP contribution is -2.70. The molecule has 3 aliphatic heterocycles. The lowest BCUT2D eigenvalue weighted by molar-refractivity contribution is -0.384. The second-order valence-corrected chi connectivity index (χ2v) is 11.5. The van der Waals surface area contributed by atoms with Gasteiger partial charge in [0, 0.05) is 42.8 Å². The largest absolute Gasteiger partial charge is 0.456 e. The van der Waals surface area contributed by atoms with E-state index in [1.54, 1.807) is 6.20 Å². The number of β-lactam (4-membered cyclic amide) rings is 1. The number of amides is 1. The lowest BCUT2D eigenvalue weighted by atomic mass is 9.89. The monoisotopic (exact) mass is 610 g/mol. The number of carbonyl (C=O) groups is 3. The molecule has 3 aromatic rings. The maximum absolute atomic E-state index is 13.6. The molecule has 6 rings (SSSR count). The van der Waals surface area contributed by atoms with Gasteiger partial charge in [-0.1, -0.05) is 40.2 Å². The Balaban J connectivity index is 1.20. The number of halogens is 1. The van der Waals surface area contributed by atoms with Crippen molar-refractivity contribution < 1.29 is 28.8 Å². The van der Waals surface area contributed by atoms with Gasteiger partial charge >= 0.3 is 11.9 Å². The molecule has 39 heavy (non-hydrogen) atoms. The molecule has 3 atom stereocenters. The minimum Gasteiger partial charge on any atom is -0.456 e. The Labute approximate surface area is 234 Å². The summed E-state index contributed by atoms with van der Waals surface area (Å²) in [5.74, 6) is -1.02. The molecule has 1 aromatic heterocycles. The summed E-state index contributed by atoms with van der Waals surface area (Å²) in [6.45, 7) is 1.76. The summed E-state index contributed by atoms with van der Waals surface area (Å²) < 4.78 is 11.6. The van der Waals surface area contributed by atoms with Crippen LogP contribution in [0.2, 0.25) is 0 Å². The number of benzene rings is 2. The Hall–Kier alpha value is -3.97. The predicted molar refractivity (Wildman–Crippen MR) is 142 cm³/mol. The Kier molecular flexibility index (Phi) is 6.07. The van der Waals surface area contributed by atoms with E-state index in [2.05, 4.69) is 15.9 Å². The first-order valence-corrected chi connectivity index (χ1v) is 13.5. The van der Waals surface area contributed by atoms with Gasteiger partial charge in [-0.15, -0.1) is 11.8 Å². The molecule has 13 heteroatoms. The van der Waals surface area contributed by atoms with Crippen molar-refractivity contribution in [2.24, 2.45) is 0 Å². The van der Waals surface area contributed by atoms with Crippen LogP contribution >= 0.6 is 27.7 Å². The zero-order valence-electron chi connectivity index (χ0n) is 20.3. The zero-order valence-corrected chi connectivity index (χ0v) is 22.7. The van der Waals surface area contributed by atoms with Gasteiger partial charge in [0.15, 0.2) is 10.4 Å². The van der Waals surface area contributed by atoms with Crippen LogP contribution in [0.25, 0.3) is 11.4 Å². The maximum Gasteiger partial charge on any atom is 0.355 e. The average molecular weight is 611 g/mol. The summed E-state index contributed by atoms with van der Waals surface area (Å²) in [4.78, 5) is 54.9. The lowest BCUT2D eigenvalue weighted by Gasteiger charge is -2.51. The number of carbonyl (C=O) groups excluding carboxylic acids is 3. The van der Waals surface area contributed by atoms with Crippen LogP contribution in [0.15, 0.2) is 65.8 Å². The van der Waals surface area contributed by atoms with Crippen molar-refractivity contribution in [3.63, 3.8) is 0 Å². The van der Waals surface area contributed by atoms with Gasteiger partial charge in [0.25, 0.3) is 11.6 Å². The van der Waals surface area contributed by atoms with Crippen LogP contribution in [0.1, 0.15) is 29.8 Å². The molecule has 0 aliphatic carbocycles. The van der Waals surface area contributed by atoms with E-state index in [9.17, 15) is 24.5 Å². The second kappa shape index (κ2) is 9.35. The summed E-state index contributed by atoms with van der Waals surface area (Å²) in [5, 5.41) is 11.8. The SMILES string of the molecule is CC(=O)OC(c1cn2c(n1)-c1ccccc1C2)C1(Br)C(=O)N2C(C(=O)OCc3ccc([N+](=O)[O-])cc3)=CSC21. The number of nitrogens with zero attached hydrogens (tertiary/aromatic N) is 4. The van der Waals surface area contributed by atoms with E-state index in [0.717, 1.165) is 17.0 Å². The predicted octanol–water partition coefficient (Wildman–Crippen LogP) is 4.06. The van der Waals surface area contributed by atoms with Gasteiger partial charge in [0.2, 0.25) is 0 Å². The van der Waals surface area contributed by atoms with Crippen molar-refractivity contribution in [3.05, 3.63) is 92.8 Å². The third-order valence-electron chi connectivity index (χ3n) is 6.76. The fourth-order valence-electron chi connectivity index (χ4n) is 4.91. The number of thioether (sulfide) groups is 1. The first-order valence-electron chi connectivity index (χ1n) is 11.8. The third kappa shape index (κ3) is 4.03. The molecule has 1 amide bonds. The van der Waals surface area contributed by atoms with Gasteiger partial charge < -0.3 is 14.0 Å². The highest BCUT2D eigenvalue weighted by molar-refractivity contribution is 9.10. The third-order valence-corrected chi connectivity index (χ3v) is 9.45. The van der Waals surface area contributed by atoms with E-state index >= 15 is 0 Å². The van der Waals surface area contributed by atoms with Gasteiger partial charge in [-0.2, -0.15) is 0 Å². The second-order valence-electron chi connectivity index (χ2n) is 9.20. The zero-order chi connectivity index (χ0) is 27.5. The average Bonchev–Trinajstić information content (AvgIpc) is 3.62. The number of nitro benzene ring substituents is 1. The van der Waals surface area contributed by atoms with E-state index in [4.69, 9.17) is 14.5 Å². The highest BCUT2D eigenvalue weighted by Crippen LogP contribution is 2.58. The number of rotatable bonds is 7. The molecule has 11 nitrogen and oxygen atoms in total. The molecule has 0 radical (unpaired) electrons. The summed E-state index contributed by atoms with van der Waals surface area (Å²) in [6.07, 6.45) is 0.749. The Morgan fingerprint density at radius 2 is 2.00 bits per heavy atom. The molecule has 0 spiro atoms. The number of ether oxygens (including phenoxy) is 2. The van der Waals surface area contributed by atoms with Crippen LogP contribution in [0, 0.1) is 10.1 Å². The smallest absolute Gasteiger partial charge is 0.355 e. The van der Waals surface area contributed by atoms with Crippen LogP contribution in [-0.2, 0) is 37.0 Å². The molecular weight excluding hydrogens is 592 g/mol. The first kappa shape index (κ1) is 25.3. The maximum atomic E-state index is 13.6. The highest BCUT2D eigenvalue weighted by Gasteiger charge is 2.69. The van der Waals surface area contributed by atoms with Gasteiger partial charge in [0.05, 0.1) is 4.92 Å². The number of fused-ring (bicyclic) bond motifs is 4. The number of alkyl halides is 1. The van der Waals surface area contributed by atoms with Gasteiger partial charge in [0.1, 0.15) is 29.2 Å². The summed E-state index contributed by atoms with van der Waals surface area (Å²) in [7, 11) is 0. The van der Waals surface area contributed by atoms with E-state index in [-0.39, 0.29) is 18.0 Å². The molecule has 0 saturated carbocycles. The number of nitro groups is 1.